The van der Waals surface area contributed by atoms with Crippen molar-refractivity contribution in [3.63, 3.8) is 0 Å². The molecule has 4 N–H and O–H groups in total. The smallest absolute Gasteiger partial charge is 0.241 e. The average Bonchev–Trinajstić information content (AvgIpc) is 3.23. The Morgan fingerprint density at radius 1 is 1.28 bits per heavy atom. The van der Waals surface area contributed by atoms with E-state index in [1.165, 1.54) is 0 Å². The monoisotopic (exact) mass is 338 g/mol. The molecule has 0 aliphatic carbocycles. The highest BCUT2D eigenvalue weighted by atomic mass is 16.2. The van der Waals surface area contributed by atoms with Crippen LogP contribution in [0, 0.1) is 13.8 Å². The molecule has 0 fully saturated rings. The van der Waals surface area contributed by atoms with Crippen LogP contribution >= 0.6 is 0 Å². The van der Waals surface area contributed by atoms with Gasteiger partial charge in [-0.05, 0) is 31.0 Å². The van der Waals surface area contributed by atoms with Gasteiger partial charge < -0.3 is 11.1 Å². The molecule has 0 radical (unpaired) electrons. The largest absolute Gasteiger partial charge is 0.350 e. The summed E-state index contributed by atoms with van der Waals surface area (Å²) in [5.74, 6) is -0.221. The maximum atomic E-state index is 12.5. The number of nitrogens with zero attached hydrogens (tertiary/aromatic N) is 3. The number of nitrogens with two attached hydrogens (primary N) is 1. The highest BCUT2D eigenvalue weighted by Crippen LogP contribution is 2.18. The standard InChI is InChI=1S/C18H22N6O/c1-12-16(13(2)23-22-12)17(19)18(25)20-10-14-6-3-4-7-15(14)11-24-9-5-8-21-24/h3-9,17H,10-11,19H2,1-2H3,(H,20,25)(H,22,23)/t17-/m1/s1. The zero-order valence-electron chi connectivity index (χ0n) is 14.4. The van der Waals surface area contributed by atoms with E-state index in [9.17, 15) is 4.79 Å². The molecule has 0 saturated carbocycles. The number of aryl methyl sites for hydroxylation is 2. The molecule has 0 saturated heterocycles. The molecule has 0 spiro atoms. The molecule has 2 heterocycles. The molecular weight excluding hydrogens is 316 g/mol. The molecule has 25 heavy (non-hydrogen) atoms. The second-order valence-electron chi connectivity index (χ2n) is 6.02. The van der Waals surface area contributed by atoms with Crippen LogP contribution in [0.1, 0.15) is 34.1 Å². The lowest BCUT2D eigenvalue weighted by Gasteiger charge is -2.15. The molecule has 130 valence electrons. The lowest BCUT2D eigenvalue weighted by Crippen LogP contribution is -2.34. The van der Waals surface area contributed by atoms with E-state index < -0.39 is 6.04 Å². The number of H-pyrrole nitrogens is 1. The molecule has 0 bridgehead atoms. The summed E-state index contributed by atoms with van der Waals surface area (Å²) in [5.41, 5.74) is 10.6. The van der Waals surface area contributed by atoms with Gasteiger partial charge in [0.05, 0.1) is 12.2 Å². The lowest BCUT2D eigenvalue weighted by molar-refractivity contribution is -0.122. The first-order valence-electron chi connectivity index (χ1n) is 8.15. The van der Waals surface area contributed by atoms with Crippen molar-refractivity contribution < 1.29 is 4.79 Å². The topological polar surface area (TPSA) is 102 Å². The number of amides is 1. The molecule has 3 rings (SSSR count). The molecule has 1 atom stereocenters. The van der Waals surface area contributed by atoms with E-state index in [2.05, 4.69) is 20.6 Å². The van der Waals surface area contributed by atoms with E-state index in [1.807, 2.05) is 55.1 Å². The summed E-state index contributed by atoms with van der Waals surface area (Å²) in [6.45, 7) is 4.78. The molecule has 7 nitrogen and oxygen atoms in total. The number of aromatic nitrogens is 4. The first-order chi connectivity index (χ1) is 12.1. The number of carbonyl (C=O) groups is 1. The summed E-state index contributed by atoms with van der Waals surface area (Å²) >= 11 is 0. The molecule has 0 aliphatic rings. The zero-order chi connectivity index (χ0) is 17.8. The van der Waals surface area contributed by atoms with Crippen LogP contribution in [0.4, 0.5) is 0 Å². The summed E-state index contributed by atoms with van der Waals surface area (Å²) in [5, 5.41) is 14.1. The summed E-state index contributed by atoms with van der Waals surface area (Å²) in [7, 11) is 0. The van der Waals surface area contributed by atoms with E-state index in [1.54, 1.807) is 6.20 Å². The number of hydrogen-bond acceptors (Lipinski definition) is 4. The third-order valence-electron chi connectivity index (χ3n) is 4.24. The highest BCUT2D eigenvalue weighted by Gasteiger charge is 2.21. The minimum absolute atomic E-state index is 0.221. The van der Waals surface area contributed by atoms with Gasteiger partial charge in [0.1, 0.15) is 6.04 Å². The van der Waals surface area contributed by atoms with Gasteiger partial charge in [-0.2, -0.15) is 10.2 Å². The van der Waals surface area contributed by atoms with Gasteiger partial charge in [0.2, 0.25) is 5.91 Å². The van der Waals surface area contributed by atoms with Crippen LogP contribution in [0.3, 0.4) is 0 Å². The van der Waals surface area contributed by atoms with Crippen LogP contribution in [0.15, 0.2) is 42.7 Å². The van der Waals surface area contributed by atoms with Gasteiger partial charge in [-0.25, -0.2) is 0 Å². The Morgan fingerprint density at radius 2 is 2.04 bits per heavy atom. The van der Waals surface area contributed by atoms with Crippen LogP contribution in [0.25, 0.3) is 0 Å². The van der Waals surface area contributed by atoms with Gasteiger partial charge in [-0.3, -0.25) is 14.6 Å². The van der Waals surface area contributed by atoms with Gasteiger partial charge in [-0.15, -0.1) is 0 Å². The fraction of sp³-hybridized carbons (Fsp3) is 0.278. The van der Waals surface area contributed by atoms with Gasteiger partial charge in [0, 0.05) is 30.2 Å². The van der Waals surface area contributed by atoms with E-state index in [0.29, 0.717) is 13.1 Å². The predicted molar refractivity (Wildman–Crippen MR) is 94.6 cm³/mol. The zero-order valence-corrected chi connectivity index (χ0v) is 14.4. The van der Waals surface area contributed by atoms with Gasteiger partial charge in [-0.1, -0.05) is 24.3 Å². The van der Waals surface area contributed by atoms with Gasteiger partial charge in [0.25, 0.3) is 0 Å². The van der Waals surface area contributed by atoms with Gasteiger partial charge >= 0.3 is 0 Å². The number of aromatic amines is 1. The number of rotatable bonds is 6. The molecule has 1 aromatic carbocycles. The number of hydrogen-bond donors (Lipinski definition) is 3. The van der Waals surface area contributed by atoms with Crippen LogP contribution < -0.4 is 11.1 Å². The van der Waals surface area contributed by atoms with Gasteiger partial charge in [0.15, 0.2) is 0 Å². The molecule has 2 aromatic heterocycles. The third-order valence-corrected chi connectivity index (χ3v) is 4.24. The Bertz CT molecular complexity index is 833. The van der Waals surface area contributed by atoms with E-state index in [0.717, 1.165) is 28.1 Å². The first-order valence-corrected chi connectivity index (χ1v) is 8.15. The Hall–Kier alpha value is -2.93. The highest BCUT2D eigenvalue weighted by molar-refractivity contribution is 5.83. The maximum absolute atomic E-state index is 12.5. The lowest BCUT2D eigenvalue weighted by atomic mass is 10.0. The molecule has 0 aliphatic heterocycles. The molecule has 0 unspecified atom stereocenters. The van der Waals surface area contributed by atoms with Crippen molar-refractivity contribution in [2.45, 2.75) is 33.0 Å². The summed E-state index contributed by atoms with van der Waals surface area (Å²) in [6, 6.07) is 9.12. The number of carbonyl (C=O) groups excluding carboxylic acids is 1. The van der Waals surface area contributed by atoms with E-state index >= 15 is 0 Å². The van der Waals surface area contributed by atoms with Crippen LogP contribution in [-0.2, 0) is 17.9 Å². The SMILES string of the molecule is Cc1n[nH]c(C)c1[C@@H](N)C(=O)NCc1ccccc1Cn1cccn1. The minimum Gasteiger partial charge on any atom is -0.350 e. The fourth-order valence-corrected chi connectivity index (χ4v) is 2.89. The fourth-order valence-electron chi connectivity index (χ4n) is 2.89. The minimum atomic E-state index is -0.739. The Balaban J connectivity index is 1.68. The van der Waals surface area contributed by atoms with Crippen molar-refractivity contribution in [3.8, 4) is 0 Å². The van der Waals surface area contributed by atoms with E-state index in [4.69, 9.17) is 5.73 Å². The summed E-state index contributed by atoms with van der Waals surface area (Å²) < 4.78 is 1.85. The van der Waals surface area contributed by atoms with Crippen molar-refractivity contribution in [2.24, 2.45) is 5.73 Å². The molecule has 1 amide bonds. The predicted octanol–water partition coefficient (Wildman–Crippen LogP) is 1.59. The van der Waals surface area contributed by atoms with Crippen molar-refractivity contribution in [1.29, 1.82) is 0 Å². The summed E-state index contributed by atoms with van der Waals surface area (Å²) in [4.78, 5) is 12.5. The number of benzene rings is 1. The Morgan fingerprint density at radius 3 is 2.68 bits per heavy atom. The maximum Gasteiger partial charge on any atom is 0.241 e. The van der Waals surface area contributed by atoms with Crippen molar-refractivity contribution in [1.82, 2.24) is 25.3 Å². The van der Waals surface area contributed by atoms with Crippen molar-refractivity contribution in [2.75, 3.05) is 0 Å². The number of nitrogens with one attached hydrogen (secondary N) is 2. The average molecular weight is 338 g/mol. The van der Waals surface area contributed by atoms with Crippen molar-refractivity contribution >= 4 is 5.91 Å². The summed E-state index contributed by atoms with van der Waals surface area (Å²) in [6.07, 6.45) is 3.66. The first kappa shape index (κ1) is 16.9. The van der Waals surface area contributed by atoms with E-state index in [-0.39, 0.29) is 5.91 Å². The molecular formula is C18H22N6O. The van der Waals surface area contributed by atoms with Crippen molar-refractivity contribution in [3.05, 3.63) is 70.8 Å². The van der Waals surface area contributed by atoms with Crippen LogP contribution in [0.5, 0.6) is 0 Å². The second-order valence-corrected chi connectivity index (χ2v) is 6.02. The third kappa shape index (κ3) is 3.77. The van der Waals surface area contributed by atoms with Crippen LogP contribution in [0.2, 0.25) is 0 Å². The second kappa shape index (κ2) is 7.31. The quantitative estimate of drug-likeness (QED) is 0.635. The van der Waals surface area contributed by atoms with Crippen LogP contribution in [-0.4, -0.2) is 25.9 Å². The normalized spacial score (nSPS) is 12.1. The Kier molecular flexibility index (Phi) is 4.95. The molecule has 7 heteroatoms. The Labute approximate surface area is 146 Å². The molecule has 3 aromatic rings.